The number of hydrogen-bond acceptors (Lipinski definition) is 2. The molecule has 1 rings (SSSR count). The van der Waals surface area contributed by atoms with Crippen molar-refractivity contribution in [1.82, 2.24) is 5.32 Å². The molecular formula is C10H17NO. The van der Waals surface area contributed by atoms with Crippen molar-refractivity contribution >= 4 is 0 Å². The molecule has 1 aliphatic rings. The van der Waals surface area contributed by atoms with Gasteiger partial charge in [-0.1, -0.05) is 5.92 Å². The Kier molecular flexibility index (Phi) is 3.13. The third kappa shape index (κ3) is 2.00. The Labute approximate surface area is 74.7 Å². The van der Waals surface area contributed by atoms with E-state index < -0.39 is 0 Å². The van der Waals surface area contributed by atoms with Gasteiger partial charge < -0.3 is 4.74 Å². The van der Waals surface area contributed by atoms with Gasteiger partial charge in [0.25, 0.3) is 0 Å². The highest BCUT2D eigenvalue weighted by atomic mass is 16.5. The van der Waals surface area contributed by atoms with E-state index in [1.165, 1.54) is 0 Å². The van der Waals surface area contributed by atoms with Gasteiger partial charge in [0, 0.05) is 12.1 Å². The van der Waals surface area contributed by atoms with Gasteiger partial charge in [-0.2, -0.15) is 0 Å². The molecule has 0 aromatic rings. The number of ether oxygens (including phenoxy) is 1. The van der Waals surface area contributed by atoms with Gasteiger partial charge in [0.2, 0.25) is 0 Å². The molecular weight excluding hydrogens is 150 g/mol. The van der Waals surface area contributed by atoms with Gasteiger partial charge in [0.05, 0.1) is 12.6 Å². The van der Waals surface area contributed by atoms with E-state index in [0.29, 0.717) is 6.10 Å². The average Bonchev–Trinajstić information content (AvgIpc) is 2.34. The lowest BCUT2D eigenvalue weighted by molar-refractivity contribution is 0.0902. The predicted molar refractivity (Wildman–Crippen MR) is 49.9 cm³/mol. The summed E-state index contributed by atoms with van der Waals surface area (Å²) in [6.07, 6.45) is 1.38. The van der Waals surface area contributed by atoms with E-state index in [-0.39, 0.29) is 5.54 Å². The van der Waals surface area contributed by atoms with Crippen molar-refractivity contribution < 1.29 is 4.74 Å². The highest BCUT2D eigenvalue weighted by molar-refractivity contribution is 5.02. The molecule has 2 heteroatoms. The van der Waals surface area contributed by atoms with Crippen LogP contribution in [0.15, 0.2) is 0 Å². The first-order valence-corrected chi connectivity index (χ1v) is 4.45. The van der Waals surface area contributed by atoms with Gasteiger partial charge in [-0.15, -0.1) is 5.92 Å². The molecule has 0 aromatic carbocycles. The summed E-state index contributed by atoms with van der Waals surface area (Å²) >= 11 is 0. The molecule has 1 N–H and O–H groups in total. The van der Waals surface area contributed by atoms with E-state index in [9.17, 15) is 0 Å². The highest BCUT2D eigenvalue weighted by Crippen LogP contribution is 2.24. The standard InChI is InChI=1S/C10H17NO/c1-4-5-7-11-10(3)6-8-12-9(10)2/h9,11H,6-8H2,1-3H3. The van der Waals surface area contributed by atoms with E-state index in [1.54, 1.807) is 0 Å². The van der Waals surface area contributed by atoms with Crippen LogP contribution in [0, 0.1) is 11.8 Å². The molecule has 12 heavy (non-hydrogen) atoms. The summed E-state index contributed by atoms with van der Waals surface area (Å²) in [5, 5.41) is 3.41. The Balaban J connectivity index is 2.41. The Morgan fingerprint density at radius 2 is 2.42 bits per heavy atom. The van der Waals surface area contributed by atoms with Crippen LogP contribution >= 0.6 is 0 Å². The van der Waals surface area contributed by atoms with E-state index in [0.717, 1.165) is 19.6 Å². The van der Waals surface area contributed by atoms with Crippen molar-refractivity contribution in [2.75, 3.05) is 13.2 Å². The monoisotopic (exact) mass is 167 g/mol. The second-order valence-electron chi connectivity index (χ2n) is 3.46. The first kappa shape index (κ1) is 9.57. The topological polar surface area (TPSA) is 21.3 Å². The normalized spacial score (nSPS) is 34.4. The molecule has 0 radical (unpaired) electrons. The second-order valence-corrected chi connectivity index (χ2v) is 3.46. The average molecular weight is 167 g/mol. The third-order valence-corrected chi connectivity index (χ3v) is 2.64. The maximum Gasteiger partial charge on any atom is 0.0726 e. The number of rotatable bonds is 2. The van der Waals surface area contributed by atoms with Gasteiger partial charge in [-0.25, -0.2) is 0 Å². The van der Waals surface area contributed by atoms with Crippen LogP contribution in [0.4, 0.5) is 0 Å². The molecule has 0 aliphatic carbocycles. The third-order valence-electron chi connectivity index (χ3n) is 2.64. The van der Waals surface area contributed by atoms with Crippen LogP contribution in [-0.4, -0.2) is 24.8 Å². The van der Waals surface area contributed by atoms with Gasteiger partial charge >= 0.3 is 0 Å². The quantitative estimate of drug-likeness (QED) is 0.623. The first-order chi connectivity index (χ1) is 5.69. The van der Waals surface area contributed by atoms with E-state index >= 15 is 0 Å². The SMILES string of the molecule is CC#CCNC1(C)CCOC1C. The van der Waals surface area contributed by atoms with Crippen molar-refractivity contribution in [3.8, 4) is 11.8 Å². The number of nitrogens with one attached hydrogen (secondary N) is 1. The molecule has 1 aliphatic heterocycles. The fourth-order valence-corrected chi connectivity index (χ4v) is 1.40. The zero-order valence-electron chi connectivity index (χ0n) is 8.11. The Bertz CT molecular complexity index is 204. The van der Waals surface area contributed by atoms with Gasteiger partial charge in [-0.05, 0) is 27.2 Å². The summed E-state index contributed by atoms with van der Waals surface area (Å²) in [5.41, 5.74) is 0.129. The molecule has 2 unspecified atom stereocenters. The molecule has 2 nitrogen and oxygen atoms in total. The van der Waals surface area contributed by atoms with Crippen LogP contribution in [0.25, 0.3) is 0 Å². The first-order valence-electron chi connectivity index (χ1n) is 4.45. The maximum absolute atomic E-state index is 5.49. The van der Waals surface area contributed by atoms with Crippen LogP contribution in [-0.2, 0) is 4.74 Å². The lowest BCUT2D eigenvalue weighted by Crippen LogP contribution is -2.47. The number of hydrogen-bond donors (Lipinski definition) is 1. The largest absolute Gasteiger partial charge is 0.377 e. The Hall–Kier alpha value is -0.520. The Morgan fingerprint density at radius 1 is 1.67 bits per heavy atom. The minimum absolute atomic E-state index is 0.129. The fourth-order valence-electron chi connectivity index (χ4n) is 1.40. The maximum atomic E-state index is 5.49. The van der Waals surface area contributed by atoms with E-state index in [2.05, 4.69) is 31.0 Å². The fraction of sp³-hybridized carbons (Fsp3) is 0.800. The molecule has 1 heterocycles. The molecule has 1 saturated heterocycles. The summed E-state index contributed by atoms with van der Waals surface area (Å²) in [4.78, 5) is 0. The zero-order valence-corrected chi connectivity index (χ0v) is 8.11. The lowest BCUT2D eigenvalue weighted by Gasteiger charge is -2.27. The van der Waals surface area contributed by atoms with Crippen molar-refractivity contribution in [2.45, 2.75) is 38.8 Å². The van der Waals surface area contributed by atoms with Crippen LogP contribution in [0.1, 0.15) is 27.2 Å². The summed E-state index contributed by atoms with van der Waals surface area (Å²) in [5.74, 6) is 5.87. The highest BCUT2D eigenvalue weighted by Gasteiger charge is 2.35. The zero-order chi connectivity index (χ0) is 9.03. The molecule has 0 bridgehead atoms. The van der Waals surface area contributed by atoms with Crippen LogP contribution < -0.4 is 5.32 Å². The molecule has 1 fully saturated rings. The van der Waals surface area contributed by atoms with Crippen LogP contribution in [0.5, 0.6) is 0 Å². The van der Waals surface area contributed by atoms with E-state index in [1.807, 2.05) is 6.92 Å². The summed E-state index contributed by atoms with van der Waals surface area (Å²) in [6.45, 7) is 7.80. The molecule has 0 amide bonds. The predicted octanol–water partition coefficient (Wildman–Crippen LogP) is 1.17. The second kappa shape index (κ2) is 3.93. The van der Waals surface area contributed by atoms with Gasteiger partial charge in [-0.3, -0.25) is 5.32 Å². The van der Waals surface area contributed by atoms with Crippen LogP contribution in [0.2, 0.25) is 0 Å². The Morgan fingerprint density at radius 3 is 2.92 bits per heavy atom. The smallest absolute Gasteiger partial charge is 0.0726 e. The lowest BCUT2D eigenvalue weighted by atomic mass is 9.95. The van der Waals surface area contributed by atoms with Crippen molar-refractivity contribution in [1.29, 1.82) is 0 Å². The molecule has 0 saturated carbocycles. The van der Waals surface area contributed by atoms with Crippen molar-refractivity contribution in [2.24, 2.45) is 0 Å². The minimum Gasteiger partial charge on any atom is -0.377 e. The van der Waals surface area contributed by atoms with E-state index in [4.69, 9.17) is 4.74 Å². The molecule has 0 aromatic heterocycles. The van der Waals surface area contributed by atoms with Crippen molar-refractivity contribution in [3.63, 3.8) is 0 Å². The van der Waals surface area contributed by atoms with Crippen molar-refractivity contribution in [3.05, 3.63) is 0 Å². The van der Waals surface area contributed by atoms with Crippen LogP contribution in [0.3, 0.4) is 0 Å². The molecule has 68 valence electrons. The van der Waals surface area contributed by atoms with Gasteiger partial charge in [0.15, 0.2) is 0 Å². The molecule has 0 spiro atoms. The summed E-state index contributed by atoms with van der Waals surface area (Å²) in [6, 6.07) is 0. The minimum atomic E-state index is 0.129. The van der Waals surface area contributed by atoms with Gasteiger partial charge in [0.1, 0.15) is 0 Å². The molecule has 2 atom stereocenters. The summed E-state index contributed by atoms with van der Waals surface area (Å²) in [7, 11) is 0. The summed E-state index contributed by atoms with van der Waals surface area (Å²) < 4.78 is 5.49.